The summed E-state index contributed by atoms with van der Waals surface area (Å²) in [6.07, 6.45) is -6.58. The molecule has 2 aromatic rings. The molecule has 0 heterocycles. The highest BCUT2D eigenvalue weighted by Gasteiger charge is 2.33. The quantitative estimate of drug-likeness (QED) is 0.0576. The average molecular weight is 1610 g/mol. The first kappa shape index (κ1) is 64.9. The molecule has 13 N–H and O–H groups in total. The Labute approximate surface area is 461 Å². The molecule has 29 heteroatoms. The summed E-state index contributed by atoms with van der Waals surface area (Å²) in [4.78, 5) is 76.5. The van der Waals surface area contributed by atoms with Gasteiger partial charge < -0.3 is 86.4 Å². The van der Waals surface area contributed by atoms with E-state index in [9.17, 15) is 49.2 Å². The van der Waals surface area contributed by atoms with Crippen LogP contribution in [-0.4, -0.2) is 237 Å². The zero-order valence-corrected chi connectivity index (χ0v) is 48.9. The van der Waals surface area contributed by atoms with Gasteiger partial charge in [0.05, 0.1) is 98.8 Å². The molecular formula is C37H52I6N6O17. The molecule has 0 aliphatic carbocycles. The van der Waals surface area contributed by atoms with Gasteiger partial charge in [-0.25, -0.2) is 9.59 Å². The van der Waals surface area contributed by atoms with Crippen LogP contribution in [-0.2, 0) is 9.59 Å². The first-order valence-electron chi connectivity index (χ1n) is 18.7. The first-order valence-corrected chi connectivity index (χ1v) is 25.1. The van der Waals surface area contributed by atoms with Crippen LogP contribution in [0.4, 0.5) is 11.4 Å². The van der Waals surface area contributed by atoms with Gasteiger partial charge >= 0.3 is 11.9 Å². The van der Waals surface area contributed by atoms with Crippen molar-refractivity contribution in [1.82, 2.24) is 19.6 Å². The highest BCUT2D eigenvalue weighted by atomic mass is 127. The van der Waals surface area contributed by atoms with E-state index in [4.69, 9.17) is 35.7 Å². The summed E-state index contributed by atoms with van der Waals surface area (Å²) in [5.41, 5.74) is 2.47. The second-order valence-corrected chi connectivity index (χ2v) is 20.3. The third kappa shape index (κ3) is 18.2. The minimum Gasteiger partial charge on any atom is -0.479 e. The second-order valence-electron chi connectivity index (χ2n) is 13.8. The number of anilines is 2. The Morgan fingerprint density at radius 1 is 0.424 bits per heavy atom. The Hall–Kier alpha value is -1.12. The molecule has 0 aliphatic heterocycles. The van der Waals surface area contributed by atoms with Crippen molar-refractivity contribution >= 4 is 182 Å². The molecule has 23 nitrogen and oxygen atoms in total. The molecule has 4 unspecified atom stereocenters. The molecule has 0 aromatic heterocycles. The van der Waals surface area contributed by atoms with E-state index in [1.54, 1.807) is 14.1 Å². The Bertz CT molecular complexity index is 1790. The predicted octanol–water partition coefficient (Wildman–Crippen LogP) is -0.698. The number of benzene rings is 2. The number of aliphatic hydroxyl groups excluding tert-OH is 9. The number of nitrogens with zero attached hydrogens (tertiary/aromatic N) is 4. The number of carboxylic acids is 2. The topological polar surface area (TPSA) is 362 Å². The number of amides is 4. The van der Waals surface area contributed by atoms with E-state index >= 15 is 0 Å². The molecule has 4 amide bonds. The van der Waals surface area contributed by atoms with E-state index in [-0.39, 0.29) is 26.2 Å². The number of carboxylic acid groups (broad SMARTS) is 2. The summed E-state index contributed by atoms with van der Waals surface area (Å²) < 4.78 is 3.41. The summed E-state index contributed by atoms with van der Waals surface area (Å²) in [6, 6.07) is 0. The molecule has 0 radical (unpaired) electrons. The zero-order valence-electron chi connectivity index (χ0n) is 36.0. The number of likely N-dealkylation sites (N-methyl/N-ethyl adjacent to an activating group) is 4. The lowest BCUT2D eigenvalue weighted by molar-refractivity contribution is -0.161. The van der Waals surface area contributed by atoms with Gasteiger partial charge in [0.2, 0.25) is 6.10 Å². The molecular weight excluding hydrogens is 1560 g/mol. The molecule has 0 saturated heterocycles. The monoisotopic (exact) mass is 1610 g/mol. The minimum atomic E-state index is -2.30. The minimum absolute atomic E-state index is 0.0613. The molecule has 374 valence electrons. The van der Waals surface area contributed by atoms with Gasteiger partial charge in [-0.15, -0.1) is 0 Å². The highest BCUT2D eigenvalue weighted by molar-refractivity contribution is 14.1. The van der Waals surface area contributed by atoms with E-state index in [0.717, 1.165) is 0 Å². The number of nitrogens with one attached hydrogen (secondary N) is 2. The lowest BCUT2D eigenvalue weighted by Gasteiger charge is -2.26. The fourth-order valence-corrected chi connectivity index (χ4v) is 14.5. The van der Waals surface area contributed by atoms with Crippen molar-refractivity contribution in [2.45, 2.75) is 30.5 Å². The van der Waals surface area contributed by atoms with Gasteiger partial charge in [0.1, 0.15) is 0 Å². The van der Waals surface area contributed by atoms with Crippen molar-refractivity contribution < 1.29 is 84.9 Å². The van der Waals surface area contributed by atoms with Crippen LogP contribution >= 0.6 is 136 Å². The van der Waals surface area contributed by atoms with Gasteiger partial charge in [-0.2, -0.15) is 0 Å². The number of carbonyl (C=O) groups excluding carboxylic acids is 4. The normalized spacial score (nSPS) is 12.6. The largest absolute Gasteiger partial charge is 0.479 e. The lowest BCUT2D eigenvalue weighted by atomic mass is 10.1. The number of halogens is 6. The lowest BCUT2D eigenvalue weighted by Crippen LogP contribution is -2.38. The summed E-state index contributed by atoms with van der Waals surface area (Å²) in [6.45, 7) is -2.13. The molecule has 0 fully saturated rings. The molecule has 0 saturated carbocycles. The van der Waals surface area contributed by atoms with Crippen molar-refractivity contribution in [2.75, 3.05) is 106 Å². The molecule has 0 bridgehead atoms. The fourth-order valence-electron chi connectivity index (χ4n) is 5.21. The number of aliphatic carboxylic acids is 2. The molecule has 0 spiro atoms. The summed E-state index contributed by atoms with van der Waals surface area (Å²) in [5.74, 6) is -5.09. The van der Waals surface area contributed by atoms with Gasteiger partial charge in [-0.3, -0.25) is 19.2 Å². The second kappa shape index (κ2) is 31.3. The molecule has 4 atom stereocenters. The number of aliphatic hydroxyl groups is 9. The van der Waals surface area contributed by atoms with Gasteiger partial charge in [-0.1, -0.05) is 0 Å². The highest BCUT2D eigenvalue weighted by Crippen LogP contribution is 2.38. The zero-order chi connectivity index (χ0) is 51.7. The number of hydrogen-bond acceptors (Lipinski definition) is 17. The van der Waals surface area contributed by atoms with Crippen LogP contribution in [0.25, 0.3) is 0 Å². The Kier molecular flexibility index (Phi) is 30.7. The molecule has 2 rings (SSSR count). The maximum Gasteiger partial charge on any atom is 0.344 e. The van der Waals surface area contributed by atoms with Crippen LogP contribution in [0.3, 0.4) is 0 Å². The van der Waals surface area contributed by atoms with E-state index in [1.165, 1.54) is 47.8 Å². The number of rotatable bonds is 20. The standard InChI is InChI=1S/2C17H24I3N3O6.C3H4O5/c2*1-21-15-13(19)10(16(28)22(2)4-8(26)6-24)12(18)11(14(15)20)17(29)23(3)5-9(27)7-25;4-1(2(5)6)3(7)8/h2*8-9,21,24-27H,4-7H2,1-3H3;1,4H,(H,5,6)(H,7,8). The van der Waals surface area contributed by atoms with E-state index in [1.807, 2.05) is 136 Å². The Balaban J connectivity index is 0.00000110. The summed E-state index contributed by atoms with van der Waals surface area (Å²) in [5, 5.41) is 104. The third-order valence-electron chi connectivity index (χ3n) is 8.63. The van der Waals surface area contributed by atoms with E-state index in [2.05, 4.69) is 10.6 Å². The van der Waals surface area contributed by atoms with Crippen molar-refractivity contribution in [1.29, 1.82) is 0 Å². The molecule has 0 aliphatic rings. The van der Waals surface area contributed by atoms with Crippen molar-refractivity contribution in [3.8, 4) is 0 Å². The van der Waals surface area contributed by atoms with Crippen molar-refractivity contribution in [3.05, 3.63) is 43.7 Å². The van der Waals surface area contributed by atoms with E-state index < -0.39 is 92.5 Å². The van der Waals surface area contributed by atoms with Crippen molar-refractivity contribution in [3.63, 3.8) is 0 Å². The van der Waals surface area contributed by atoms with Crippen LogP contribution in [0, 0.1) is 21.4 Å². The Morgan fingerprint density at radius 3 is 0.727 bits per heavy atom. The SMILES string of the molecule is CNc1c(I)c(C(=O)N(C)CC(O)CO)c(I)c(C(=O)N(C)CC(O)CO)c1I.CNc1c(I)c(C(=O)N(C)CC(O)CO)c(I)c(C(=O)N(C)CC(O)CO)c1I.O=C(O)C(O)C(=O)O. The average Bonchev–Trinajstić information content (AvgIpc) is 3.25. The van der Waals surface area contributed by atoms with Gasteiger partial charge in [0.25, 0.3) is 23.6 Å². The summed E-state index contributed by atoms with van der Waals surface area (Å²) >= 11 is 12.1. The Morgan fingerprint density at radius 2 is 0.606 bits per heavy atom. The number of hydrogen-bond donors (Lipinski definition) is 13. The van der Waals surface area contributed by atoms with Gasteiger partial charge in [0, 0.05) is 75.6 Å². The third-order valence-corrected chi connectivity index (χ3v) is 15.1. The predicted molar refractivity (Wildman–Crippen MR) is 290 cm³/mol. The van der Waals surface area contributed by atoms with Crippen LogP contribution in [0.1, 0.15) is 41.4 Å². The molecule has 66 heavy (non-hydrogen) atoms. The fraction of sp³-hybridized carbons (Fsp3) is 0.514. The van der Waals surface area contributed by atoms with Gasteiger partial charge in [0.15, 0.2) is 0 Å². The molecule has 2 aromatic carbocycles. The van der Waals surface area contributed by atoms with Crippen LogP contribution < -0.4 is 10.6 Å². The smallest absolute Gasteiger partial charge is 0.344 e. The van der Waals surface area contributed by atoms with Gasteiger partial charge in [-0.05, 0) is 136 Å². The maximum absolute atomic E-state index is 13.1. The first-order chi connectivity index (χ1) is 30.6. The van der Waals surface area contributed by atoms with Crippen molar-refractivity contribution in [2.24, 2.45) is 0 Å². The maximum atomic E-state index is 13.1. The van der Waals surface area contributed by atoms with E-state index in [0.29, 0.717) is 55.0 Å². The number of carbonyl (C=O) groups is 6. The summed E-state index contributed by atoms with van der Waals surface area (Å²) in [7, 11) is 9.41. The van der Waals surface area contributed by atoms with Crippen LogP contribution in [0.2, 0.25) is 0 Å². The van der Waals surface area contributed by atoms with Crippen LogP contribution in [0.5, 0.6) is 0 Å². The van der Waals surface area contributed by atoms with Crippen LogP contribution in [0.15, 0.2) is 0 Å².